The number of rotatable bonds is 40. The Morgan fingerprint density at radius 3 is 0.790 bits per heavy atom. The lowest BCUT2D eigenvalue weighted by atomic mass is 9.92. The summed E-state index contributed by atoms with van der Waals surface area (Å²) in [5, 5.41) is 87.6. The van der Waals surface area contributed by atoms with Gasteiger partial charge in [0.15, 0.2) is 18.9 Å². The van der Waals surface area contributed by atoms with Gasteiger partial charge in [0.1, 0.15) is 54.0 Å². The lowest BCUT2D eigenvalue weighted by Gasteiger charge is -2.40. The third-order valence-corrected chi connectivity index (χ3v) is 14.9. The maximum Gasteiger partial charge on any atom is 0.163 e. The van der Waals surface area contributed by atoms with Gasteiger partial charge in [0.2, 0.25) is 0 Å². The van der Waals surface area contributed by atoms with Crippen LogP contribution in [0.5, 0.6) is 0 Å². The molecule has 492 valence electrons. The molecule has 3 aliphatic heterocycles. The van der Waals surface area contributed by atoms with Gasteiger partial charge in [-0.05, 0) is 63.7 Å². The molecule has 0 radical (unpaired) electrons. The number of carbonyl (C=O) groups is 3. The Morgan fingerprint density at radius 1 is 0.346 bits per heavy atom. The molecule has 6 unspecified atom stereocenters. The molecule has 0 saturated carbocycles. The molecule has 9 N–H and O–H groups in total. The van der Waals surface area contributed by atoms with Crippen molar-refractivity contribution in [2.24, 2.45) is 23.7 Å². The number of aliphatic hydroxyl groups is 9. The zero-order chi connectivity index (χ0) is 54.8. The number of unbranched alkanes of at least 4 members (excludes halogenated alkanes) is 14. The molecular formula is C63H132O18. The monoisotopic (exact) mass is 1180 g/mol. The molecule has 3 rings (SSSR count). The second-order valence-electron chi connectivity index (χ2n) is 21.8. The zero-order valence-corrected chi connectivity index (χ0v) is 46.1. The SMILES string of the molecule is C.C.C.C.C.C.C.CC(C)CCCCC(=O)CCCCCCCO[C@@H]1OC(CO)[C@H](O)C(O)[C@@H]1C.C[C@H]1C(O)[C@@H](O)C(CO)O[C@H]1OCCCCCCCC(=O)CCCCC(=O)CCCCCCCO[C@@H]1OC(CO)[C@H](O)C(O)[C@@H]1C. The minimum Gasteiger partial charge on any atom is -0.394 e. The van der Waals surface area contributed by atoms with Crippen molar-refractivity contribution < 1.29 is 88.8 Å². The summed E-state index contributed by atoms with van der Waals surface area (Å²) in [4.78, 5) is 36.2. The Bertz CT molecular complexity index is 1370. The average Bonchev–Trinajstić information content (AvgIpc) is 3.38. The number of ketones is 3. The molecule has 18 nitrogen and oxygen atoms in total. The van der Waals surface area contributed by atoms with Gasteiger partial charge >= 0.3 is 0 Å². The first-order valence-corrected chi connectivity index (χ1v) is 28.7. The normalized spacial score (nSPS) is 27.7. The lowest BCUT2D eigenvalue weighted by Crippen LogP contribution is -2.55. The van der Waals surface area contributed by atoms with Crippen LogP contribution in [0.15, 0.2) is 0 Å². The Hall–Kier alpha value is -1.59. The minimum absolute atomic E-state index is 0. The van der Waals surface area contributed by atoms with Crippen molar-refractivity contribution >= 4 is 17.3 Å². The molecule has 0 aromatic heterocycles. The highest BCUT2D eigenvalue weighted by molar-refractivity contribution is 5.79. The van der Waals surface area contributed by atoms with Crippen molar-refractivity contribution in [3.63, 3.8) is 0 Å². The molecule has 0 spiro atoms. The van der Waals surface area contributed by atoms with Crippen LogP contribution in [-0.4, -0.2) is 177 Å². The summed E-state index contributed by atoms with van der Waals surface area (Å²) in [5.74, 6) is 0.518. The number of hydrogen-bond donors (Lipinski definition) is 9. The first kappa shape index (κ1) is 90.6. The first-order chi connectivity index (χ1) is 35.5. The van der Waals surface area contributed by atoms with Crippen molar-refractivity contribution in [2.75, 3.05) is 39.6 Å². The van der Waals surface area contributed by atoms with Gasteiger partial charge in [0.05, 0.1) is 38.1 Å². The first-order valence-electron chi connectivity index (χ1n) is 28.7. The van der Waals surface area contributed by atoms with Gasteiger partial charge in [-0.15, -0.1) is 0 Å². The third-order valence-electron chi connectivity index (χ3n) is 14.9. The summed E-state index contributed by atoms with van der Waals surface area (Å²) in [7, 11) is 0. The van der Waals surface area contributed by atoms with E-state index in [1.807, 2.05) is 0 Å². The van der Waals surface area contributed by atoms with Crippen molar-refractivity contribution in [1.29, 1.82) is 0 Å². The fourth-order valence-corrected chi connectivity index (χ4v) is 9.59. The molecule has 3 fully saturated rings. The van der Waals surface area contributed by atoms with Crippen LogP contribution in [0.4, 0.5) is 0 Å². The zero-order valence-electron chi connectivity index (χ0n) is 46.1. The number of hydrogen-bond acceptors (Lipinski definition) is 18. The van der Waals surface area contributed by atoms with Crippen LogP contribution in [-0.2, 0) is 42.8 Å². The Kier molecular flexibility index (Phi) is 60.2. The molecule has 0 bridgehead atoms. The minimum atomic E-state index is -1.12. The van der Waals surface area contributed by atoms with Crippen LogP contribution >= 0.6 is 0 Å². The van der Waals surface area contributed by atoms with Gasteiger partial charge < -0.3 is 74.4 Å². The van der Waals surface area contributed by atoms with Crippen LogP contribution in [0.1, 0.15) is 254 Å². The number of carbonyl (C=O) groups excluding carboxylic acids is 3. The van der Waals surface area contributed by atoms with Gasteiger partial charge in [0.25, 0.3) is 0 Å². The summed E-state index contributed by atoms with van der Waals surface area (Å²) < 4.78 is 33.8. The van der Waals surface area contributed by atoms with E-state index in [1.165, 1.54) is 6.42 Å². The summed E-state index contributed by atoms with van der Waals surface area (Å²) in [5.41, 5.74) is 0. The quantitative estimate of drug-likeness (QED) is 0.0258. The molecule has 3 saturated heterocycles. The van der Waals surface area contributed by atoms with E-state index < -0.39 is 73.8 Å². The average molecular weight is 1180 g/mol. The summed E-state index contributed by atoms with van der Waals surface area (Å²) >= 11 is 0. The number of ether oxygens (including phenoxy) is 6. The molecule has 15 atom stereocenters. The number of Topliss-reactive ketones (excluding diaryl/α,β-unsaturated/α-hetero) is 3. The predicted octanol–water partition coefficient (Wildman–Crippen LogP) is 10.2. The molecule has 18 heteroatoms. The summed E-state index contributed by atoms with van der Waals surface area (Å²) in [6.45, 7) is 10.0. The summed E-state index contributed by atoms with van der Waals surface area (Å²) in [6.07, 6.45) is 12.1. The van der Waals surface area contributed by atoms with Crippen LogP contribution in [0.25, 0.3) is 0 Å². The second-order valence-corrected chi connectivity index (χ2v) is 21.8. The lowest BCUT2D eigenvalue weighted by molar-refractivity contribution is -0.282. The molecule has 0 aliphatic carbocycles. The van der Waals surface area contributed by atoms with E-state index in [2.05, 4.69) is 13.8 Å². The molecule has 81 heavy (non-hydrogen) atoms. The van der Waals surface area contributed by atoms with Crippen molar-refractivity contribution in [2.45, 2.75) is 327 Å². The van der Waals surface area contributed by atoms with Crippen molar-refractivity contribution in [1.82, 2.24) is 0 Å². The van der Waals surface area contributed by atoms with Gasteiger partial charge in [-0.25, -0.2) is 0 Å². The second kappa shape index (κ2) is 53.8. The molecule has 0 amide bonds. The van der Waals surface area contributed by atoms with Gasteiger partial charge in [0, 0.05) is 76.1 Å². The van der Waals surface area contributed by atoms with Crippen LogP contribution < -0.4 is 0 Å². The maximum absolute atomic E-state index is 12.2. The van der Waals surface area contributed by atoms with Gasteiger partial charge in [-0.1, -0.05) is 157 Å². The molecule has 3 aliphatic rings. The van der Waals surface area contributed by atoms with E-state index in [0.29, 0.717) is 57.7 Å². The van der Waals surface area contributed by atoms with E-state index in [9.17, 15) is 60.3 Å². The predicted molar refractivity (Wildman–Crippen MR) is 326 cm³/mol. The van der Waals surface area contributed by atoms with E-state index in [1.54, 1.807) is 20.8 Å². The van der Waals surface area contributed by atoms with E-state index in [-0.39, 0.29) is 101 Å². The van der Waals surface area contributed by atoms with Gasteiger partial charge in [-0.2, -0.15) is 0 Å². The molecule has 3 heterocycles. The maximum atomic E-state index is 12.2. The number of aliphatic hydroxyl groups excluding tert-OH is 9. The smallest absolute Gasteiger partial charge is 0.163 e. The Balaban J connectivity index is -0.000000351. The topological polar surface area (TPSA) is 289 Å². The highest BCUT2D eigenvalue weighted by atomic mass is 16.7. The molecule has 0 aromatic carbocycles. The fourth-order valence-electron chi connectivity index (χ4n) is 9.59. The van der Waals surface area contributed by atoms with Crippen LogP contribution in [0, 0.1) is 23.7 Å². The van der Waals surface area contributed by atoms with E-state index in [0.717, 1.165) is 134 Å². The van der Waals surface area contributed by atoms with E-state index in [4.69, 9.17) is 28.4 Å². The Labute approximate surface area is 495 Å². The van der Waals surface area contributed by atoms with Crippen LogP contribution in [0.3, 0.4) is 0 Å². The largest absolute Gasteiger partial charge is 0.394 e. The van der Waals surface area contributed by atoms with Gasteiger partial charge in [-0.3, -0.25) is 14.4 Å². The van der Waals surface area contributed by atoms with Crippen molar-refractivity contribution in [3.05, 3.63) is 0 Å². The van der Waals surface area contributed by atoms with Crippen LogP contribution in [0.2, 0.25) is 0 Å². The third kappa shape index (κ3) is 36.9. The molecule has 0 aromatic rings. The highest BCUT2D eigenvalue weighted by Gasteiger charge is 2.44. The highest BCUT2D eigenvalue weighted by Crippen LogP contribution is 2.30. The Morgan fingerprint density at radius 2 is 0.556 bits per heavy atom. The van der Waals surface area contributed by atoms with Crippen molar-refractivity contribution in [3.8, 4) is 0 Å². The fraction of sp³-hybridized carbons (Fsp3) is 0.952. The van der Waals surface area contributed by atoms with E-state index >= 15 is 0 Å². The standard InChI is InChI=1S/C34H62O12.C22H42O6.7CH4/c1-23-29(39)31(41)27(21-35)45-33(23)43-19-13-7-3-5-9-15-25(37)17-11-12-18-26(38)16-10-6-4-8-14-20-44-34-24(2)30(40)32(42)28(22-36)46-34;1-16(2)11-8-9-13-18(24)12-7-5-4-6-10-14-27-22-17(3)20(25)21(26)19(15-23)28-22;;;;;;;/h23-24,27-36,39-42H,3-22H2,1-2H3;16-17,19-23,25-26H,4-15H2,1-3H3;7*1H4/t23-,24-,27?,28?,29?,30?,31-,32-,33+,34+;17-,19?,20?,21-,22+;;;;;;;/m00......./s1. The molecular weight excluding hydrogens is 1040 g/mol. The summed E-state index contributed by atoms with van der Waals surface area (Å²) in [6, 6.07) is 0.